The van der Waals surface area contributed by atoms with Crippen LogP contribution in [0.5, 0.6) is 0 Å². The summed E-state index contributed by atoms with van der Waals surface area (Å²) in [5.41, 5.74) is 8.96. The van der Waals surface area contributed by atoms with Gasteiger partial charge in [-0.25, -0.2) is 5.84 Å². The van der Waals surface area contributed by atoms with Gasteiger partial charge >= 0.3 is 0 Å². The van der Waals surface area contributed by atoms with Crippen LogP contribution in [0.15, 0.2) is 36.4 Å². The van der Waals surface area contributed by atoms with E-state index in [0.29, 0.717) is 39.9 Å². The molecule has 0 fully saturated rings. The van der Waals surface area contributed by atoms with Crippen LogP contribution in [-0.2, 0) is 0 Å². The summed E-state index contributed by atoms with van der Waals surface area (Å²) in [5.74, 6) is 5.51. The Bertz CT molecular complexity index is 812. The maximum atomic E-state index is 13.0. The summed E-state index contributed by atoms with van der Waals surface area (Å²) in [6, 6.07) is 10.1. The van der Waals surface area contributed by atoms with Gasteiger partial charge in [-0.15, -0.1) is 0 Å². The highest BCUT2D eigenvalue weighted by atomic mass is 16.1. The van der Waals surface area contributed by atoms with Crippen LogP contribution in [-0.4, -0.2) is 18.6 Å². The van der Waals surface area contributed by atoms with Gasteiger partial charge in [0, 0.05) is 29.8 Å². The van der Waals surface area contributed by atoms with Crippen molar-refractivity contribution in [3.63, 3.8) is 0 Å². The van der Waals surface area contributed by atoms with Crippen LogP contribution in [0.2, 0.25) is 0 Å². The third kappa shape index (κ3) is 2.25. The minimum atomic E-state index is -0.303. The van der Waals surface area contributed by atoms with E-state index in [0.717, 1.165) is 0 Å². The van der Waals surface area contributed by atoms with E-state index in [9.17, 15) is 9.59 Å². The third-order valence-electron chi connectivity index (χ3n) is 4.31. The molecule has 23 heavy (non-hydrogen) atoms. The fraction of sp³-hybridized carbons (Fsp3) is 0.222. The van der Waals surface area contributed by atoms with Gasteiger partial charge in [0.05, 0.1) is 11.3 Å². The van der Waals surface area contributed by atoms with Crippen molar-refractivity contribution in [2.24, 2.45) is 11.6 Å². The second-order valence-corrected chi connectivity index (χ2v) is 5.75. The Kier molecular flexibility index (Phi) is 3.75. The molecule has 0 saturated heterocycles. The molecule has 2 aromatic carbocycles. The number of hydrogen-bond acceptors (Lipinski definition) is 5. The van der Waals surface area contributed by atoms with Gasteiger partial charge in [0.25, 0.3) is 0 Å². The zero-order valence-electron chi connectivity index (χ0n) is 13.2. The predicted molar refractivity (Wildman–Crippen MR) is 89.6 cm³/mol. The van der Waals surface area contributed by atoms with E-state index in [4.69, 9.17) is 11.6 Å². The highest BCUT2D eigenvalue weighted by Crippen LogP contribution is 2.36. The average Bonchev–Trinajstić information content (AvgIpc) is 2.57. The Morgan fingerprint density at radius 1 is 1.00 bits per heavy atom. The SMILES string of the molecule is CCC(N)c1ccc(N(C)N)c2c1C(=O)c1ccccc1C2=O. The lowest BCUT2D eigenvalue weighted by molar-refractivity contribution is 0.0978. The van der Waals surface area contributed by atoms with Gasteiger partial charge in [-0.3, -0.25) is 9.59 Å². The molecule has 5 nitrogen and oxygen atoms in total. The normalized spacial score (nSPS) is 14.3. The summed E-state index contributed by atoms with van der Waals surface area (Å²) in [5, 5.41) is 1.36. The van der Waals surface area contributed by atoms with Gasteiger partial charge < -0.3 is 10.7 Å². The highest BCUT2D eigenvalue weighted by Gasteiger charge is 2.34. The lowest BCUT2D eigenvalue weighted by Crippen LogP contribution is -2.32. The van der Waals surface area contributed by atoms with E-state index in [-0.39, 0.29) is 17.6 Å². The standard InChI is InChI=1S/C18H19N3O2/c1-3-13(19)12-8-9-14(21(2)20)16-15(12)17(22)10-6-4-5-7-11(10)18(16)23/h4-9,13H,3,19-20H2,1-2H3. The fourth-order valence-electron chi connectivity index (χ4n) is 3.05. The molecule has 4 N–H and O–H groups in total. The maximum absolute atomic E-state index is 13.0. The monoisotopic (exact) mass is 309 g/mol. The quantitative estimate of drug-likeness (QED) is 0.572. The number of rotatable bonds is 3. The predicted octanol–water partition coefficient (Wildman–Crippen LogP) is 2.18. The van der Waals surface area contributed by atoms with Crippen molar-refractivity contribution in [2.75, 3.05) is 12.1 Å². The first-order valence-electron chi connectivity index (χ1n) is 7.56. The summed E-state index contributed by atoms with van der Waals surface area (Å²) in [7, 11) is 1.65. The maximum Gasteiger partial charge on any atom is 0.196 e. The van der Waals surface area contributed by atoms with Gasteiger partial charge in [-0.1, -0.05) is 37.3 Å². The first-order valence-corrected chi connectivity index (χ1v) is 7.56. The molecule has 0 spiro atoms. The zero-order chi connectivity index (χ0) is 16.7. The summed E-state index contributed by atoms with van der Waals surface area (Å²) >= 11 is 0. The molecule has 0 amide bonds. The van der Waals surface area contributed by atoms with Crippen molar-refractivity contribution < 1.29 is 9.59 Å². The lowest BCUT2D eigenvalue weighted by Gasteiger charge is -2.27. The largest absolute Gasteiger partial charge is 0.324 e. The van der Waals surface area contributed by atoms with Crippen LogP contribution in [0.4, 0.5) is 5.69 Å². The number of nitrogens with two attached hydrogens (primary N) is 2. The number of fused-ring (bicyclic) bond motifs is 2. The van der Waals surface area contributed by atoms with Gasteiger partial charge in [0.15, 0.2) is 11.6 Å². The molecular formula is C18H19N3O2. The van der Waals surface area contributed by atoms with Gasteiger partial charge in [-0.05, 0) is 18.1 Å². The van der Waals surface area contributed by atoms with E-state index in [2.05, 4.69) is 0 Å². The smallest absolute Gasteiger partial charge is 0.196 e. The summed E-state index contributed by atoms with van der Waals surface area (Å²) in [6.07, 6.45) is 0.674. The molecule has 1 aliphatic carbocycles. The summed E-state index contributed by atoms with van der Waals surface area (Å²) < 4.78 is 0. The highest BCUT2D eigenvalue weighted by molar-refractivity contribution is 6.30. The van der Waals surface area contributed by atoms with Gasteiger partial charge in [0.2, 0.25) is 0 Å². The number of hydrazine groups is 1. The van der Waals surface area contributed by atoms with Crippen LogP contribution >= 0.6 is 0 Å². The molecule has 118 valence electrons. The third-order valence-corrected chi connectivity index (χ3v) is 4.31. The Balaban J connectivity index is 2.36. The first-order chi connectivity index (χ1) is 11.0. The number of ketones is 2. The van der Waals surface area contributed by atoms with E-state index in [1.807, 2.05) is 6.92 Å². The topological polar surface area (TPSA) is 89.4 Å². The number of nitrogens with zero attached hydrogens (tertiary/aromatic N) is 1. The van der Waals surface area contributed by atoms with E-state index >= 15 is 0 Å². The molecular weight excluding hydrogens is 290 g/mol. The number of anilines is 1. The molecule has 2 aromatic rings. The first kappa shape index (κ1) is 15.4. The Morgan fingerprint density at radius 3 is 2.09 bits per heavy atom. The molecule has 0 saturated carbocycles. The van der Waals surface area contributed by atoms with Crippen molar-refractivity contribution in [3.8, 4) is 0 Å². The molecule has 1 aliphatic rings. The fourth-order valence-corrected chi connectivity index (χ4v) is 3.05. The number of carbonyl (C=O) groups is 2. The Labute approximate surface area is 134 Å². The van der Waals surface area contributed by atoms with Crippen LogP contribution in [0.3, 0.4) is 0 Å². The number of carbonyl (C=O) groups excluding carboxylic acids is 2. The summed E-state index contributed by atoms with van der Waals surface area (Å²) in [6.45, 7) is 1.95. The van der Waals surface area contributed by atoms with Gasteiger partial charge in [-0.2, -0.15) is 0 Å². The molecule has 0 radical (unpaired) electrons. The molecule has 0 aliphatic heterocycles. The number of hydrogen-bond donors (Lipinski definition) is 2. The number of benzene rings is 2. The van der Waals surface area contributed by atoms with Crippen molar-refractivity contribution >= 4 is 17.3 Å². The van der Waals surface area contributed by atoms with Crippen LogP contribution in [0.25, 0.3) is 0 Å². The van der Waals surface area contributed by atoms with Crippen molar-refractivity contribution in [1.82, 2.24) is 0 Å². The van der Waals surface area contributed by atoms with Crippen LogP contribution in [0, 0.1) is 0 Å². The molecule has 3 rings (SSSR count). The Hall–Kier alpha value is -2.50. The molecule has 1 atom stereocenters. The minimum absolute atomic E-state index is 0.169. The molecule has 0 bridgehead atoms. The lowest BCUT2D eigenvalue weighted by atomic mass is 9.79. The zero-order valence-corrected chi connectivity index (χ0v) is 13.2. The average molecular weight is 309 g/mol. The summed E-state index contributed by atoms with van der Waals surface area (Å²) in [4.78, 5) is 26.0. The van der Waals surface area contributed by atoms with Gasteiger partial charge in [0.1, 0.15) is 0 Å². The minimum Gasteiger partial charge on any atom is -0.324 e. The molecule has 0 aromatic heterocycles. The van der Waals surface area contributed by atoms with E-state index in [1.165, 1.54) is 5.01 Å². The second kappa shape index (κ2) is 5.61. The molecule has 1 unspecified atom stereocenters. The Morgan fingerprint density at radius 2 is 1.57 bits per heavy atom. The molecule has 0 heterocycles. The van der Waals surface area contributed by atoms with E-state index < -0.39 is 0 Å². The van der Waals surface area contributed by atoms with Crippen molar-refractivity contribution in [2.45, 2.75) is 19.4 Å². The van der Waals surface area contributed by atoms with Crippen LogP contribution < -0.4 is 16.6 Å². The van der Waals surface area contributed by atoms with Crippen LogP contribution in [0.1, 0.15) is 56.8 Å². The second-order valence-electron chi connectivity index (χ2n) is 5.75. The van der Waals surface area contributed by atoms with Crippen molar-refractivity contribution in [3.05, 3.63) is 64.2 Å². The van der Waals surface area contributed by atoms with E-state index in [1.54, 1.807) is 43.4 Å². The molecule has 5 heteroatoms. The van der Waals surface area contributed by atoms with Crippen molar-refractivity contribution in [1.29, 1.82) is 0 Å².